The Morgan fingerprint density at radius 2 is 1.96 bits per heavy atom. The first-order valence-electron chi connectivity index (χ1n) is 7.91. The van der Waals surface area contributed by atoms with E-state index in [-0.39, 0.29) is 17.9 Å². The fourth-order valence-electron chi connectivity index (χ4n) is 2.32. The van der Waals surface area contributed by atoms with Crippen molar-refractivity contribution >= 4 is 28.1 Å². The molecule has 0 aliphatic rings. The molecule has 2 N–H and O–H groups in total. The van der Waals surface area contributed by atoms with Crippen LogP contribution in [0.15, 0.2) is 48.0 Å². The van der Waals surface area contributed by atoms with Gasteiger partial charge in [0.1, 0.15) is 5.69 Å². The summed E-state index contributed by atoms with van der Waals surface area (Å²) < 4.78 is 39.0. The van der Waals surface area contributed by atoms with Crippen molar-refractivity contribution in [2.24, 2.45) is 0 Å². The van der Waals surface area contributed by atoms with Crippen LogP contribution in [0, 0.1) is 6.92 Å². The normalized spacial score (nSPS) is 11.3. The first-order valence-corrected chi connectivity index (χ1v) is 8.79. The van der Waals surface area contributed by atoms with Gasteiger partial charge in [0.25, 0.3) is 5.91 Å². The smallest absolute Gasteiger partial charge is 0.380 e. The Labute approximate surface area is 157 Å². The predicted octanol–water partition coefficient (Wildman–Crippen LogP) is 4.73. The molecule has 3 rings (SSSR count). The molecule has 3 aromatic rings. The molecule has 9 heteroatoms. The van der Waals surface area contributed by atoms with E-state index < -0.39 is 17.6 Å². The quantitative estimate of drug-likeness (QED) is 0.659. The number of pyridine rings is 1. The summed E-state index contributed by atoms with van der Waals surface area (Å²) in [4.78, 5) is 20.3. The topological polar surface area (TPSA) is 66.9 Å². The number of nitrogens with one attached hydrogen (secondary N) is 2. The largest absolute Gasteiger partial charge is 0.418 e. The molecule has 5 nitrogen and oxygen atoms in total. The van der Waals surface area contributed by atoms with E-state index in [2.05, 4.69) is 20.6 Å². The van der Waals surface area contributed by atoms with E-state index in [0.717, 1.165) is 11.8 Å². The highest BCUT2D eigenvalue weighted by atomic mass is 32.1. The maximum absolute atomic E-state index is 13.0. The molecular weight excluding hydrogens is 377 g/mol. The Hall–Kier alpha value is -2.94. The Bertz CT molecular complexity index is 938. The molecule has 2 heterocycles. The van der Waals surface area contributed by atoms with Crippen molar-refractivity contribution < 1.29 is 18.0 Å². The van der Waals surface area contributed by atoms with Crippen molar-refractivity contribution in [1.29, 1.82) is 0 Å². The van der Waals surface area contributed by atoms with E-state index in [0.29, 0.717) is 10.7 Å². The minimum atomic E-state index is -4.43. The van der Waals surface area contributed by atoms with Crippen LogP contribution in [0.25, 0.3) is 0 Å². The van der Waals surface area contributed by atoms with Gasteiger partial charge in [-0.25, -0.2) is 4.98 Å². The van der Waals surface area contributed by atoms with Crippen LogP contribution < -0.4 is 10.6 Å². The van der Waals surface area contributed by atoms with Gasteiger partial charge in [-0.05, 0) is 30.7 Å². The fraction of sp³-hybridized carbons (Fsp3) is 0.167. The summed E-state index contributed by atoms with van der Waals surface area (Å²) >= 11 is 1.31. The number of anilines is 2. The first-order chi connectivity index (χ1) is 12.8. The average molecular weight is 392 g/mol. The number of alkyl halides is 3. The average Bonchev–Trinajstić information content (AvgIpc) is 3.04. The van der Waals surface area contributed by atoms with Crippen molar-refractivity contribution in [3.8, 4) is 0 Å². The molecule has 0 saturated heterocycles. The molecule has 0 aliphatic heterocycles. The highest BCUT2D eigenvalue weighted by Gasteiger charge is 2.33. The predicted molar refractivity (Wildman–Crippen MR) is 97.8 cm³/mol. The third-order valence-electron chi connectivity index (χ3n) is 3.61. The molecule has 0 atom stereocenters. The van der Waals surface area contributed by atoms with Gasteiger partial charge in [0.05, 0.1) is 11.3 Å². The number of rotatable bonds is 5. The number of amides is 1. The highest BCUT2D eigenvalue weighted by molar-refractivity contribution is 7.13. The Morgan fingerprint density at radius 3 is 2.59 bits per heavy atom. The van der Waals surface area contributed by atoms with Crippen LogP contribution in [-0.4, -0.2) is 15.9 Å². The van der Waals surface area contributed by atoms with Crippen molar-refractivity contribution in [1.82, 2.24) is 9.97 Å². The summed E-state index contributed by atoms with van der Waals surface area (Å²) in [6, 6.07) is 8.42. The van der Waals surface area contributed by atoms with Crippen LogP contribution in [-0.2, 0) is 12.7 Å². The zero-order valence-electron chi connectivity index (χ0n) is 14.2. The highest BCUT2D eigenvalue weighted by Crippen LogP contribution is 2.34. The second kappa shape index (κ2) is 7.75. The van der Waals surface area contributed by atoms with Crippen LogP contribution in [0.1, 0.15) is 27.3 Å². The van der Waals surface area contributed by atoms with E-state index in [4.69, 9.17) is 0 Å². The lowest BCUT2D eigenvalue weighted by molar-refractivity contribution is -0.137. The van der Waals surface area contributed by atoms with Crippen molar-refractivity contribution in [3.63, 3.8) is 0 Å². The van der Waals surface area contributed by atoms with Gasteiger partial charge in [0.15, 0.2) is 5.13 Å². The molecular formula is C18H15F3N4OS. The maximum atomic E-state index is 13.0. The SMILES string of the molecule is Cc1csc(NC(=O)c2ccc(CNc3ccccc3C(F)(F)F)cn2)n1. The lowest BCUT2D eigenvalue weighted by atomic mass is 10.1. The number of hydrogen-bond donors (Lipinski definition) is 2. The van der Waals surface area contributed by atoms with Crippen molar-refractivity contribution in [3.05, 3.63) is 70.5 Å². The van der Waals surface area contributed by atoms with Gasteiger partial charge in [-0.2, -0.15) is 13.2 Å². The Balaban J connectivity index is 1.64. The molecule has 0 spiro atoms. The van der Waals surface area contributed by atoms with Gasteiger partial charge < -0.3 is 5.32 Å². The minimum absolute atomic E-state index is 0.00837. The monoisotopic (exact) mass is 392 g/mol. The zero-order valence-corrected chi connectivity index (χ0v) is 15.0. The third kappa shape index (κ3) is 4.82. The molecule has 1 aromatic carbocycles. The van der Waals surface area contributed by atoms with Gasteiger partial charge >= 0.3 is 6.18 Å². The molecule has 0 fully saturated rings. The van der Waals surface area contributed by atoms with Gasteiger partial charge in [-0.1, -0.05) is 18.2 Å². The maximum Gasteiger partial charge on any atom is 0.418 e. The van der Waals surface area contributed by atoms with E-state index in [1.54, 1.807) is 6.07 Å². The van der Waals surface area contributed by atoms with Crippen molar-refractivity contribution in [2.45, 2.75) is 19.6 Å². The third-order valence-corrected chi connectivity index (χ3v) is 4.49. The standard InChI is InChI=1S/C18H15F3N4OS/c1-11-10-27-17(24-11)25-16(26)15-7-6-12(9-23-15)8-22-14-5-3-2-4-13(14)18(19,20)21/h2-7,9-10,22H,8H2,1H3,(H,24,25,26). The fourth-order valence-corrected chi connectivity index (χ4v) is 3.00. The van der Waals surface area contributed by atoms with E-state index >= 15 is 0 Å². The summed E-state index contributed by atoms with van der Waals surface area (Å²) in [6.45, 7) is 1.97. The van der Waals surface area contributed by atoms with Gasteiger partial charge in [-0.3, -0.25) is 15.1 Å². The van der Waals surface area contributed by atoms with Crippen molar-refractivity contribution in [2.75, 3.05) is 10.6 Å². The number of halogens is 3. The number of hydrogen-bond acceptors (Lipinski definition) is 5. The summed E-state index contributed by atoms with van der Waals surface area (Å²) in [7, 11) is 0. The first kappa shape index (κ1) is 18.8. The molecule has 0 unspecified atom stereocenters. The minimum Gasteiger partial charge on any atom is -0.380 e. The van der Waals surface area contributed by atoms with Gasteiger partial charge in [-0.15, -0.1) is 11.3 Å². The summed E-state index contributed by atoms with van der Waals surface area (Å²) in [6.07, 6.45) is -2.98. The molecule has 140 valence electrons. The number of aryl methyl sites for hydroxylation is 1. The zero-order chi connectivity index (χ0) is 19.4. The number of aromatic nitrogens is 2. The second-order valence-electron chi connectivity index (χ2n) is 5.70. The van der Waals surface area contributed by atoms with E-state index in [9.17, 15) is 18.0 Å². The Morgan fingerprint density at radius 1 is 1.19 bits per heavy atom. The number of nitrogens with zero attached hydrogens (tertiary/aromatic N) is 2. The number of thiazole rings is 1. The lowest BCUT2D eigenvalue weighted by Gasteiger charge is -2.14. The summed E-state index contributed by atoms with van der Waals surface area (Å²) in [5.41, 5.74) is 0.915. The molecule has 0 aliphatic carbocycles. The number of carbonyl (C=O) groups is 1. The van der Waals surface area contributed by atoms with Crippen LogP contribution in [0.2, 0.25) is 0 Å². The summed E-state index contributed by atoms with van der Waals surface area (Å²) in [5.74, 6) is -0.397. The number of para-hydroxylation sites is 1. The lowest BCUT2D eigenvalue weighted by Crippen LogP contribution is -2.14. The number of carbonyl (C=O) groups excluding carboxylic acids is 1. The molecule has 0 radical (unpaired) electrons. The molecule has 2 aromatic heterocycles. The van der Waals surface area contributed by atoms with E-state index in [1.807, 2.05) is 12.3 Å². The number of benzene rings is 1. The molecule has 1 amide bonds. The van der Waals surface area contributed by atoms with E-state index in [1.165, 1.54) is 41.8 Å². The van der Waals surface area contributed by atoms with Gasteiger partial charge in [0, 0.05) is 23.8 Å². The molecule has 0 bridgehead atoms. The van der Waals surface area contributed by atoms with Crippen LogP contribution in [0.5, 0.6) is 0 Å². The second-order valence-corrected chi connectivity index (χ2v) is 6.55. The van der Waals surface area contributed by atoms with Crippen LogP contribution in [0.4, 0.5) is 24.0 Å². The van der Waals surface area contributed by atoms with Gasteiger partial charge in [0.2, 0.25) is 0 Å². The molecule has 0 saturated carbocycles. The van der Waals surface area contributed by atoms with Crippen LogP contribution in [0.3, 0.4) is 0 Å². The summed E-state index contributed by atoms with van der Waals surface area (Å²) in [5, 5.41) is 7.70. The molecule has 27 heavy (non-hydrogen) atoms. The Kier molecular flexibility index (Phi) is 5.41. The van der Waals surface area contributed by atoms with Crippen LogP contribution >= 0.6 is 11.3 Å².